The van der Waals surface area contributed by atoms with Crippen molar-refractivity contribution < 1.29 is 14.0 Å². The molecule has 2 heterocycles. The first-order valence-electron chi connectivity index (χ1n) is 7.84. The van der Waals surface area contributed by atoms with Crippen LogP contribution in [-0.4, -0.2) is 43.2 Å². The van der Waals surface area contributed by atoms with E-state index in [1.54, 1.807) is 0 Å². The van der Waals surface area contributed by atoms with Crippen LogP contribution in [0, 0.1) is 11.3 Å². The zero-order valence-corrected chi connectivity index (χ0v) is 13.1. The van der Waals surface area contributed by atoms with Crippen molar-refractivity contribution in [1.29, 1.82) is 0 Å². The Morgan fingerprint density at radius 1 is 1.16 bits per heavy atom. The minimum Gasteiger partial charge on any atom is -0.465 e. The number of esters is 1. The second kappa shape index (κ2) is 5.43. The number of hydrogen-bond donors (Lipinski definition) is 0. The van der Waals surface area contributed by atoms with Crippen LogP contribution in [0.1, 0.15) is 52.9 Å². The molecular weight excluding hydrogens is 238 g/mol. The Morgan fingerprint density at radius 3 is 2.53 bits per heavy atom. The van der Waals surface area contributed by atoms with Crippen LogP contribution < -0.4 is 0 Å². The van der Waals surface area contributed by atoms with Crippen LogP contribution in [0.15, 0.2) is 0 Å². The molecule has 0 N–H and O–H groups in total. The molecule has 3 heteroatoms. The van der Waals surface area contributed by atoms with Crippen molar-refractivity contribution in [2.45, 2.75) is 58.9 Å². The third-order valence-electron chi connectivity index (χ3n) is 5.05. The van der Waals surface area contributed by atoms with Crippen molar-refractivity contribution in [3.05, 3.63) is 0 Å². The predicted molar refractivity (Wildman–Crippen MR) is 76.7 cm³/mol. The number of nitrogens with zero attached hydrogens (tertiary/aromatic N) is 1. The quantitative estimate of drug-likeness (QED) is 0.568. The number of hydrogen-bond acceptors (Lipinski definition) is 2. The van der Waals surface area contributed by atoms with Crippen LogP contribution in [0.25, 0.3) is 0 Å². The summed E-state index contributed by atoms with van der Waals surface area (Å²) in [6.45, 7) is 9.04. The van der Waals surface area contributed by atoms with Crippen molar-refractivity contribution in [1.82, 2.24) is 0 Å². The molecule has 0 aromatic carbocycles. The SMILES string of the molecule is CC(C)(C)C(=O)OC[C@@H]1CCC[N@+]2(C)CCCC[C@H]12. The van der Waals surface area contributed by atoms with Gasteiger partial charge in [0.05, 0.1) is 38.2 Å². The first-order chi connectivity index (χ1) is 8.83. The van der Waals surface area contributed by atoms with Gasteiger partial charge in [-0.05, 0) is 46.5 Å². The molecule has 2 fully saturated rings. The van der Waals surface area contributed by atoms with Crippen LogP contribution >= 0.6 is 0 Å². The van der Waals surface area contributed by atoms with Gasteiger partial charge in [-0.25, -0.2) is 0 Å². The number of ether oxygens (including phenoxy) is 1. The first-order valence-corrected chi connectivity index (χ1v) is 7.84. The summed E-state index contributed by atoms with van der Waals surface area (Å²) in [5.41, 5.74) is -0.376. The number of piperidine rings is 2. The highest BCUT2D eigenvalue weighted by atomic mass is 16.5. The molecule has 0 aromatic heterocycles. The molecule has 0 unspecified atom stereocenters. The Morgan fingerprint density at radius 2 is 1.84 bits per heavy atom. The van der Waals surface area contributed by atoms with E-state index in [-0.39, 0.29) is 11.4 Å². The molecule has 0 saturated carbocycles. The topological polar surface area (TPSA) is 26.3 Å². The highest BCUT2D eigenvalue weighted by Crippen LogP contribution is 2.36. The molecule has 110 valence electrons. The average molecular weight is 268 g/mol. The molecule has 3 atom stereocenters. The summed E-state index contributed by atoms with van der Waals surface area (Å²) in [7, 11) is 2.40. The molecule has 2 aliphatic rings. The number of rotatable bonds is 2. The van der Waals surface area contributed by atoms with E-state index >= 15 is 0 Å². The smallest absolute Gasteiger partial charge is 0.311 e. The van der Waals surface area contributed by atoms with Crippen molar-refractivity contribution in [2.75, 3.05) is 26.7 Å². The largest absolute Gasteiger partial charge is 0.465 e. The molecule has 0 aliphatic carbocycles. The predicted octanol–water partition coefficient (Wildman–Crippen LogP) is 2.98. The fraction of sp³-hybridized carbons (Fsp3) is 0.938. The van der Waals surface area contributed by atoms with E-state index in [0.717, 1.165) is 6.04 Å². The lowest BCUT2D eigenvalue weighted by molar-refractivity contribution is -0.947. The third-order valence-corrected chi connectivity index (χ3v) is 5.05. The molecule has 0 amide bonds. The summed E-state index contributed by atoms with van der Waals surface area (Å²) >= 11 is 0. The van der Waals surface area contributed by atoms with E-state index in [1.807, 2.05) is 20.8 Å². The second-order valence-corrected chi connectivity index (χ2v) is 7.74. The van der Waals surface area contributed by atoms with Gasteiger partial charge in [-0.3, -0.25) is 4.79 Å². The van der Waals surface area contributed by atoms with Crippen LogP contribution in [0.4, 0.5) is 0 Å². The summed E-state index contributed by atoms with van der Waals surface area (Å²) in [6, 6.07) is 0.718. The number of fused-ring (bicyclic) bond motifs is 1. The van der Waals surface area contributed by atoms with Gasteiger partial charge in [0.1, 0.15) is 0 Å². The Balaban J connectivity index is 1.94. The van der Waals surface area contributed by atoms with Crippen LogP contribution in [-0.2, 0) is 9.53 Å². The number of carbonyl (C=O) groups excluding carboxylic acids is 1. The second-order valence-electron chi connectivity index (χ2n) is 7.74. The van der Waals surface area contributed by atoms with Crippen molar-refractivity contribution >= 4 is 5.97 Å². The molecule has 2 rings (SSSR count). The van der Waals surface area contributed by atoms with Gasteiger partial charge in [0.15, 0.2) is 0 Å². The lowest BCUT2D eigenvalue weighted by atomic mass is 9.82. The minimum absolute atomic E-state index is 0.0527. The molecule has 0 spiro atoms. The van der Waals surface area contributed by atoms with Crippen LogP contribution in [0.5, 0.6) is 0 Å². The summed E-state index contributed by atoms with van der Waals surface area (Å²) in [5.74, 6) is 0.522. The van der Waals surface area contributed by atoms with Gasteiger partial charge in [0.2, 0.25) is 0 Å². The maximum atomic E-state index is 11.9. The van der Waals surface area contributed by atoms with Gasteiger partial charge < -0.3 is 9.22 Å². The Bertz CT molecular complexity index is 330. The highest BCUT2D eigenvalue weighted by molar-refractivity contribution is 5.75. The van der Waals surface area contributed by atoms with Crippen LogP contribution in [0.2, 0.25) is 0 Å². The fourth-order valence-electron chi connectivity index (χ4n) is 3.83. The van der Waals surface area contributed by atoms with Crippen molar-refractivity contribution in [3.8, 4) is 0 Å². The molecule has 3 nitrogen and oxygen atoms in total. The maximum absolute atomic E-state index is 11.9. The summed E-state index contributed by atoms with van der Waals surface area (Å²) in [6.07, 6.45) is 6.54. The Labute approximate surface area is 117 Å². The zero-order valence-electron chi connectivity index (χ0n) is 13.1. The normalized spacial score (nSPS) is 35.6. The number of carbonyl (C=O) groups is 1. The molecule has 0 bridgehead atoms. The molecule has 0 radical (unpaired) electrons. The molecule has 2 saturated heterocycles. The van der Waals surface area contributed by atoms with E-state index < -0.39 is 0 Å². The van der Waals surface area contributed by atoms with Crippen molar-refractivity contribution in [3.63, 3.8) is 0 Å². The molecule has 19 heavy (non-hydrogen) atoms. The average Bonchev–Trinajstić information content (AvgIpc) is 2.33. The maximum Gasteiger partial charge on any atom is 0.311 e. The summed E-state index contributed by atoms with van der Waals surface area (Å²) in [4.78, 5) is 11.9. The minimum atomic E-state index is -0.376. The molecule has 2 aliphatic heterocycles. The monoisotopic (exact) mass is 268 g/mol. The van der Waals surface area contributed by atoms with Gasteiger partial charge in [-0.2, -0.15) is 0 Å². The Hall–Kier alpha value is -0.570. The van der Waals surface area contributed by atoms with E-state index in [4.69, 9.17) is 4.74 Å². The molecule has 0 aromatic rings. The lowest BCUT2D eigenvalue weighted by Crippen LogP contribution is -2.61. The van der Waals surface area contributed by atoms with E-state index in [1.165, 1.54) is 49.7 Å². The zero-order chi connectivity index (χ0) is 14.1. The summed E-state index contributed by atoms with van der Waals surface area (Å²) in [5, 5.41) is 0. The highest BCUT2D eigenvalue weighted by Gasteiger charge is 2.44. The Kier molecular flexibility index (Phi) is 4.24. The standard InChI is InChI=1S/C16H30NO2/c1-16(2,3)15(18)19-12-13-8-7-11-17(4)10-6-5-9-14(13)17/h13-14H,5-12H2,1-4H3/q+1/t13-,14+,17-/m0/s1. The van der Waals surface area contributed by atoms with Crippen LogP contribution in [0.3, 0.4) is 0 Å². The first kappa shape index (κ1) is 14.8. The van der Waals surface area contributed by atoms with E-state index in [9.17, 15) is 4.79 Å². The van der Waals surface area contributed by atoms with Gasteiger partial charge >= 0.3 is 5.97 Å². The van der Waals surface area contributed by atoms with Gasteiger partial charge in [0, 0.05) is 12.3 Å². The molecular formula is C16H30NO2+. The lowest BCUT2D eigenvalue weighted by Gasteiger charge is -2.51. The number of quaternary nitrogens is 1. The third kappa shape index (κ3) is 3.31. The van der Waals surface area contributed by atoms with E-state index in [0.29, 0.717) is 12.5 Å². The van der Waals surface area contributed by atoms with Gasteiger partial charge in [-0.15, -0.1) is 0 Å². The van der Waals surface area contributed by atoms with Gasteiger partial charge in [0.25, 0.3) is 0 Å². The van der Waals surface area contributed by atoms with Gasteiger partial charge in [-0.1, -0.05) is 0 Å². The summed E-state index contributed by atoms with van der Waals surface area (Å²) < 4.78 is 6.81. The fourth-order valence-corrected chi connectivity index (χ4v) is 3.83. The van der Waals surface area contributed by atoms with E-state index in [2.05, 4.69) is 7.05 Å². The van der Waals surface area contributed by atoms with Crippen molar-refractivity contribution in [2.24, 2.45) is 11.3 Å².